The first kappa shape index (κ1) is 20.6. The largest absolute Gasteiger partial charge is 0.481 e. The number of benzene rings is 3. The molecule has 0 saturated carbocycles. The molecule has 0 spiro atoms. The molecule has 0 radical (unpaired) electrons. The van der Waals surface area contributed by atoms with Crippen LogP contribution in [-0.4, -0.2) is 28.5 Å². The molecule has 1 atom stereocenters. The molecule has 0 bridgehead atoms. The molecule has 1 aliphatic heterocycles. The Morgan fingerprint density at radius 1 is 0.909 bits per heavy atom. The third kappa shape index (κ3) is 4.26. The van der Waals surface area contributed by atoms with Gasteiger partial charge in [-0.15, -0.1) is 0 Å². The minimum Gasteiger partial charge on any atom is -0.481 e. The normalized spacial score (nSPS) is 16.1. The Morgan fingerprint density at radius 2 is 1.61 bits per heavy atom. The van der Waals surface area contributed by atoms with Gasteiger partial charge in [0.1, 0.15) is 5.82 Å². The molecule has 3 aromatic carbocycles. The summed E-state index contributed by atoms with van der Waals surface area (Å²) in [5, 5.41) is 10.3. The lowest BCUT2D eigenvalue weighted by Crippen LogP contribution is -2.26. The van der Waals surface area contributed by atoms with Gasteiger partial charge in [0.15, 0.2) is 0 Å². The highest BCUT2D eigenvalue weighted by Crippen LogP contribution is 2.34. The number of pyridine rings is 1. The smallest absolute Gasteiger partial charge is 0.308 e. The first-order valence-corrected chi connectivity index (χ1v) is 10.8. The van der Waals surface area contributed by atoms with E-state index in [1.165, 1.54) is 4.90 Å². The van der Waals surface area contributed by atoms with Crippen molar-refractivity contribution in [1.29, 1.82) is 0 Å². The Balaban J connectivity index is 1.60. The molecular weight excluding hydrogens is 412 g/mol. The van der Waals surface area contributed by atoms with Gasteiger partial charge >= 0.3 is 5.97 Å². The van der Waals surface area contributed by atoms with Crippen molar-refractivity contribution in [3.63, 3.8) is 0 Å². The number of aliphatic carboxylic acids is 1. The van der Waals surface area contributed by atoms with E-state index in [4.69, 9.17) is 4.98 Å². The molecule has 0 aliphatic carbocycles. The van der Waals surface area contributed by atoms with Crippen LogP contribution >= 0.6 is 0 Å². The molecule has 5 rings (SSSR count). The number of fused-ring (bicyclic) bond motifs is 1. The van der Waals surface area contributed by atoms with E-state index >= 15 is 0 Å². The molecule has 5 nitrogen and oxygen atoms in total. The maximum atomic E-state index is 12.6. The lowest BCUT2D eigenvalue weighted by Gasteiger charge is -2.18. The predicted octanol–water partition coefficient (Wildman–Crippen LogP) is 5.51. The number of nitrogens with zero attached hydrogens (tertiary/aromatic N) is 2. The molecule has 1 aromatic heterocycles. The number of carboxylic acids is 1. The van der Waals surface area contributed by atoms with Crippen molar-refractivity contribution < 1.29 is 14.7 Å². The number of carbonyl (C=O) groups excluding carboxylic acids is 1. The quantitative estimate of drug-likeness (QED) is 0.421. The van der Waals surface area contributed by atoms with Crippen molar-refractivity contribution >= 4 is 40.7 Å². The first-order chi connectivity index (χ1) is 16.1. The second-order valence-corrected chi connectivity index (χ2v) is 8.16. The highest BCUT2D eigenvalue weighted by molar-refractivity contribution is 6.02. The molecular formula is C28H22N2O3. The fourth-order valence-corrected chi connectivity index (χ4v) is 4.18. The van der Waals surface area contributed by atoms with Gasteiger partial charge in [0.2, 0.25) is 5.91 Å². The van der Waals surface area contributed by atoms with Gasteiger partial charge in [-0.25, -0.2) is 4.98 Å². The topological polar surface area (TPSA) is 70.5 Å². The fourth-order valence-electron chi connectivity index (χ4n) is 4.18. The molecule has 162 valence electrons. The molecule has 1 N–H and O–H groups in total. The molecule has 1 unspecified atom stereocenters. The predicted molar refractivity (Wildman–Crippen MR) is 131 cm³/mol. The highest BCUT2D eigenvalue weighted by Gasteiger charge is 2.36. The number of rotatable bonds is 5. The number of hydrogen-bond acceptors (Lipinski definition) is 3. The minimum atomic E-state index is -0.954. The van der Waals surface area contributed by atoms with E-state index < -0.39 is 11.9 Å². The van der Waals surface area contributed by atoms with Crippen molar-refractivity contribution in [2.24, 2.45) is 5.92 Å². The van der Waals surface area contributed by atoms with E-state index in [0.29, 0.717) is 5.82 Å². The Morgan fingerprint density at radius 3 is 2.30 bits per heavy atom. The van der Waals surface area contributed by atoms with Crippen LogP contribution in [0, 0.1) is 5.92 Å². The van der Waals surface area contributed by atoms with Crippen LogP contribution < -0.4 is 4.90 Å². The number of carbonyl (C=O) groups is 2. The van der Waals surface area contributed by atoms with Crippen LogP contribution in [0.5, 0.6) is 0 Å². The Hall–Kier alpha value is -4.25. The van der Waals surface area contributed by atoms with Crippen molar-refractivity contribution in [1.82, 2.24) is 4.98 Å². The zero-order valence-electron chi connectivity index (χ0n) is 17.9. The molecule has 1 aliphatic rings. The van der Waals surface area contributed by atoms with Crippen LogP contribution in [-0.2, 0) is 9.59 Å². The Kier molecular flexibility index (Phi) is 5.45. The monoisotopic (exact) mass is 434 g/mol. The van der Waals surface area contributed by atoms with E-state index in [2.05, 4.69) is 30.4 Å². The average Bonchev–Trinajstić information content (AvgIpc) is 3.25. The number of carboxylic acid groups (broad SMARTS) is 1. The van der Waals surface area contributed by atoms with E-state index in [0.717, 1.165) is 33.2 Å². The van der Waals surface area contributed by atoms with Crippen molar-refractivity contribution in [3.8, 4) is 11.1 Å². The summed E-state index contributed by atoms with van der Waals surface area (Å²) in [5.41, 5.74) is 4.89. The van der Waals surface area contributed by atoms with Gasteiger partial charge in [-0.3, -0.25) is 14.5 Å². The maximum Gasteiger partial charge on any atom is 0.308 e. The van der Waals surface area contributed by atoms with Crippen LogP contribution in [0.3, 0.4) is 0 Å². The van der Waals surface area contributed by atoms with Crippen LogP contribution in [0.4, 0.5) is 5.82 Å². The molecule has 1 saturated heterocycles. The van der Waals surface area contributed by atoms with Crippen molar-refractivity contribution in [2.45, 2.75) is 6.42 Å². The second kappa shape index (κ2) is 8.71. The van der Waals surface area contributed by atoms with Crippen molar-refractivity contribution in [2.75, 3.05) is 11.4 Å². The lowest BCUT2D eigenvalue weighted by atomic mass is 9.99. The molecule has 1 fully saturated rings. The molecule has 1 amide bonds. The molecule has 2 heterocycles. The van der Waals surface area contributed by atoms with Gasteiger partial charge in [-0.1, -0.05) is 78.9 Å². The Bertz CT molecular complexity index is 1360. The average molecular weight is 434 g/mol. The van der Waals surface area contributed by atoms with Gasteiger partial charge in [0.05, 0.1) is 11.4 Å². The summed E-state index contributed by atoms with van der Waals surface area (Å²) in [6.45, 7) is 0.138. The highest BCUT2D eigenvalue weighted by atomic mass is 16.4. The summed E-state index contributed by atoms with van der Waals surface area (Å²) >= 11 is 0. The SMILES string of the molecule is O=C(O)C1CC(=O)N(c2cc(-c3ccccc3)c3cc(C=Cc4ccccc4)ccc3n2)C1. The van der Waals surface area contributed by atoms with E-state index in [-0.39, 0.29) is 18.9 Å². The van der Waals surface area contributed by atoms with Gasteiger partial charge < -0.3 is 5.11 Å². The summed E-state index contributed by atoms with van der Waals surface area (Å²) in [5.74, 6) is -1.39. The van der Waals surface area contributed by atoms with Gasteiger partial charge in [-0.2, -0.15) is 0 Å². The second-order valence-electron chi connectivity index (χ2n) is 8.16. The van der Waals surface area contributed by atoms with E-state index in [1.807, 2.05) is 66.7 Å². The Labute approximate surface area is 191 Å². The van der Waals surface area contributed by atoms with Crippen LogP contribution in [0.15, 0.2) is 84.9 Å². The van der Waals surface area contributed by atoms with Gasteiger partial charge in [0.25, 0.3) is 0 Å². The zero-order valence-corrected chi connectivity index (χ0v) is 17.9. The van der Waals surface area contributed by atoms with E-state index in [9.17, 15) is 14.7 Å². The standard InChI is InChI=1S/C28H22N2O3/c31-27-16-22(28(32)33)18-30(27)26-17-23(21-9-5-2-6-10-21)24-15-20(13-14-25(24)29-26)12-11-19-7-3-1-4-8-19/h1-15,17,22H,16,18H2,(H,32,33). The third-order valence-corrected chi connectivity index (χ3v) is 5.92. The number of amides is 1. The number of anilines is 1. The lowest BCUT2D eigenvalue weighted by molar-refractivity contribution is -0.141. The van der Waals surface area contributed by atoms with Crippen LogP contribution in [0.1, 0.15) is 17.5 Å². The summed E-state index contributed by atoms with van der Waals surface area (Å²) in [7, 11) is 0. The molecule has 5 heteroatoms. The number of aromatic nitrogens is 1. The minimum absolute atomic E-state index is 0.00105. The van der Waals surface area contributed by atoms with E-state index in [1.54, 1.807) is 0 Å². The fraction of sp³-hybridized carbons (Fsp3) is 0.107. The van der Waals surface area contributed by atoms with Crippen LogP contribution in [0.25, 0.3) is 34.2 Å². The van der Waals surface area contributed by atoms with Gasteiger partial charge in [-0.05, 0) is 40.5 Å². The third-order valence-electron chi connectivity index (χ3n) is 5.92. The van der Waals surface area contributed by atoms with Gasteiger partial charge in [0, 0.05) is 18.4 Å². The summed E-state index contributed by atoms with van der Waals surface area (Å²) in [6.07, 6.45) is 4.14. The molecule has 33 heavy (non-hydrogen) atoms. The molecule has 4 aromatic rings. The summed E-state index contributed by atoms with van der Waals surface area (Å²) in [4.78, 5) is 30.2. The summed E-state index contributed by atoms with van der Waals surface area (Å²) < 4.78 is 0. The van der Waals surface area contributed by atoms with Crippen molar-refractivity contribution in [3.05, 3.63) is 96.1 Å². The first-order valence-electron chi connectivity index (χ1n) is 10.8. The summed E-state index contributed by atoms with van der Waals surface area (Å²) in [6, 6.07) is 28.0. The zero-order chi connectivity index (χ0) is 22.8. The van der Waals surface area contributed by atoms with Crippen LogP contribution in [0.2, 0.25) is 0 Å². The number of hydrogen-bond donors (Lipinski definition) is 1. The maximum absolute atomic E-state index is 12.6.